The van der Waals surface area contributed by atoms with Crippen molar-refractivity contribution in [1.82, 2.24) is 0 Å². The fourth-order valence-electron chi connectivity index (χ4n) is 0.236. The smallest absolute Gasteiger partial charge is 0.0785 e. The molecule has 0 aromatic rings. The van der Waals surface area contributed by atoms with Crippen LogP contribution in [0.3, 0.4) is 0 Å². The standard InChI is InChI=1S/C5H10.C2H6.2C2H4.CH3F/c1-3-5-4-2;4*1-2/h3,5H,4H2,1-2H3;1-2H3;2*1-2H2;1H3/b5-3-;;;;. The molecule has 82 valence electrons. The number of rotatable bonds is 1. The van der Waals surface area contributed by atoms with Crippen LogP contribution in [0.25, 0.3) is 0 Å². The second-order valence-electron chi connectivity index (χ2n) is 0.977. The lowest BCUT2D eigenvalue weighted by Crippen LogP contribution is -1.43. The fourth-order valence-corrected chi connectivity index (χ4v) is 0.236. The molecule has 0 aromatic carbocycles. The van der Waals surface area contributed by atoms with Gasteiger partial charge in [-0.25, -0.2) is 0 Å². The van der Waals surface area contributed by atoms with E-state index in [1.165, 1.54) is 0 Å². The molecular weight excluding hydrogens is 163 g/mol. The van der Waals surface area contributed by atoms with Crippen molar-refractivity contribution in [3.63, 3.8) is 0 Å². The number of hydrogen-bond donors (Lipinski definition) is 0. The van der Waals surface area contributed by atoms with E-state index < -0.39 is 0 Å². The highest BCUT2D eigenvalue weighted by Gasteiger charge is 1.52. The minimum atomic E-state index is 0.500. The molecular formula is C12H27F. The minimum Gasteiger partial charge on any atom is -0.255 e. The molecule has 1 heteroatoms. The highest BCUT2D eigenvalue weighted by Crippen LogP contribution is 1.73. The molecule has 0 radical (unpaired) electrons. The summed E-state index contributed by atoms with van der Waals surface area (Å²) in [5.74, 6) is 0. The van der Waals surface area contributed by atoms with Crippen molar-refractivity contribution < 1.29 is 4.39 Å². The maximum absolute atomic E-state index is 9.50. The van der Waals surface area contributed by atoms with Crippen LogP contribution in [-0.4, -0.2) is 7.18 Å². The van der Waals surface area contributed by atoms with E-state index in [-0.39, 0.29) is 0 Å². The first-order valence-corrected chi connectivity index (χ1v) is 4.40. The van der Waals surface area contributed by atoms with E-state index in [9.17, 15) is 4.39 Å². The average Bonchev–Trinajstić information content (AvgIpc) is 2.30. The van der Waals surface area contributed by atoms with Crippen molar-refractivity contribution in [2.75, 3.05) is 7.18 Å². The summed E-state index contributed by atoms with van der Waals surface area (Å²) < 4.78 is 9.50. The monoisotopic (exact) mass is 190 g/mol. The molecule has 0 saturated carbocycles. The van der Waals surface area contributed by atoms with E-state index >= 15 is 0 Å². The van der Waals surface area contributed by atoms with Crippen LogP contribution in [0.5, 0.6) is 0 Å². The zero-order chi connectivity index (χ0) is 12.1. The zero-order valence-corrected chi connectivity index (χ0v) is 10.1. The predicted octanol–water partition coefficient (Wildman–Crippen LogP) is 5.19. The van der Waals surface area contributed by atoms with Crippen LogP contribution < -0.4 is 0 Å². The molecule has 0 fully saturated rings. The first-order chi connectivity index (χ1) is 6.41. The number of alkyl halides is 1. The van der Waals surface area contributed by atoms with Gasteiger partial charge >= 0.3 is 0 Å². The summed E-state index contributed by atoms with van der Waals surface area (Å²) in [5, 5.41) is 0. The van der Waals surface area contributed by atoms with Crippen molar-refractivity contribution in [2.45, 2.75) is 34.1 Å². The Bertz CT molecular complexity index is 47.1. The molecule has 13 heavy (non-hydrogen) atoms. The van der Waals surface area contributed by atoms with Crippen LogP contribution >= 0.6 is 0 Å². The molecule has 0 heterocycles. The quantitative estimate of drug-likeness (QED) is 0.499. The molecule has 0 aliphatic heterocycles. The van der Waals surface area contributed by atoms with Crippen molar-refractivity contribution in [3.8, 4) is 0 Å². The van der Waals surface area contributed by atoms with Crippen LogP contribution in [0.15, 0.2) is 38.5 Å². The Kier molecular flexibility index (Phi) is 565. The van der Waals surface area contributed by atoms with Gasteiger partial charge in [0.15, 0.2) is 0 Å². The van der Waals surface area contributed by atoms with Gasteiger partial charge in [-0.05, 0) is 13.3 Å². The third-order valence-corrected chi connectivity index (χ3v) is 0.471. The molecule has 0 aromatic heterocycles. The van der Waals surface area contributed by atoms with Gasteiger partial charge in [0.2, 0.25) is 0 Å². The van der Waals surface area contributed by atoms with Gasteiger partial charge in [0.25, 0.3) is 0 Å². The summed E-state index contributed by atoms with van der Waals surface area (Å²) in [6, 6.07) is 0. The summed E-state index contributed by atoms with van der Waals surface area (Å²) in [6.07, 6.45) is 5.34. The Morgan fingerprint density at radius 1 is 1.00 bits per heavy atom. The van der Waals surface area contributed by atoms with E-state index in [4.69, 9.17) is 0 Å². The maximum Gasteiger partial charge on any atom is 0.0785 e. The molecule has 0 amide bonds. The fraction of sp³-hybridized carbons (Fsp3) is 0.500. The molecule has 0 saturated heterocycles. The number of hydrogen-bond acceptors (Lipinski definition) is 0. The summed E-state index contributed by atoms with van der Waals surface area (Å²) in [7, 11) is 0.500. The van der Waals surface area contributed by atoms with Gasteiger partial charge in [0.05, 0.1) is 7.18 Å². The largest absolute Gasteiger partial charge is 0.255 e. The van der Waals surface area contributed by atoms with Gasteiger partial charge in [-0.2, -0.15) is 0 Å². The van der Waals surface area contributed by atoms with E-state index in [0.29, 0.717) is 7.18 Å². The molecule has 0 bridgehead atoms. The third kappa shape index (κ3) is 706. The highest BCUT2D eigenvalue weighted by molar-refractivity contribution is 4.73. The third-order valence-electron chi connectivity index (χ3n) is 0.471. The van der Waals surface area contributed by atoms with Crippen LogP contribution in [0, 0.1) is 0 Å². The van der Waals surface area contributed by atoms with E-state index in [1.807, 2.05) is 20.8 Å². The second kappa shape index (κ2) is 249. The lowest BCUT2D eigenvalue weighted by atomic mass is 10.4. The predicted molar refractivity (Wildman–Crippen MR) is 66.0 cm³/mol. The molecule has 0 rings (SSSR count). The Morgan fingerprint density at radius 3 is 1.23 bits per heavy atom. The number of allylic oxidation sites excluding steroid dienone is 2. The Labute approximate surface area is 84.9 Å². The van der Waals surface area contributed by atoms with Crippen LogP contribution in [-0.2, 0) is 0 Å². The molecule has 0 aliphatic rings. The van der Waals surface area contributed by atoms with E-state index in [2.05, 4.69) is 45.4 Å². The van der Waals surface area contributed by atoms with Gasteiger partial charge in [-0.15, -0.1) is 26.3 Å². The Balaban J connectivity index is -0.0000000230. The Hall–Kier alpha value is -0.850. The maximum atomic E-state index is 9.50. The van der Waals surface area contributed by atoms with Gasteiger partial charge in [0.1, 0.15) is 0 Å². The summed E-state index contributed by atoms with van der Waals surface area (Å²) in [5.41, 5.74) is 0. The molecule has 0 nitrogen and oxygen atoms in total. The molecule has 0 aliphatic carbocycles. The Morgan fingerprint density at radius 2 is 1.23 bits per heavy atom. The zero-order valence-electron chi connectivity index (χ0n) is 10.1. The minimum absolute atomic E-state index is 0.500. The molecule has 0 spiro atoms. The van der Waals surface area contributed by atoms with Crippen molar-refractivity contribution in [3.05, 3.63) is 38.5 Å². The van der Waals surface area contributed by atoms with Crippen molar-refractivity contribution in [1.29, 1.82) is 0 Å². The van der Waals surface area contributed by atoms with Gasteiger partial charge < -0.3 is 0 Å². The van der Waals surface area contributed by atoms with Crippen LogP contribution in [0.2, 0.25) is 0 Å². The van der Waals surface area contributed by atoms with Gasteiger partial charge in [-0.1, -0.05) is 32.9 Å². The second-order valence-corrected chi connectivity index (χ2v) is 0.977. The van der Waals surface area contributed by atoms with Crippen LogP contribution in [0.1, 0.15) is 34.1 Å². The lowest BCUT2D eigenvalue weighted by Gasteiger charge is -1.65. The SMILES string of the molecule is C/C=C\CC.C=C.C=C.CC.CF. The average molecular weight is 190 g/mol. The highest BCUT2D eigenvalue weighted by atomic mass is 19.1. The summed E-state index contributed by atoms with van der Waals surface area (Å²) >= 11 is 0. The normalized spacial score (nSPS) is 5.38. The van der Waals surface area contributed by atoms with E-state index in [0.717, 1.165) is 6.42 Å². The first-order valence-electron chi connectivity index (χ1n) is 4.40. The summed E-state index contributed by atoms with van der Waals surface area (Å²) in [6.45, 7) is 20.2. The van der Waals surface area contributed by atoms with E-state index in [1.54, 1.807) is 0 Å². The first kappa shape index (κ1) is 29.5. The van der Waals surface area contributed by atoms with Crippen LogP contribution in [0.4, 0.5) is 4.39 Å². The van der Waals surface area contributed by atoms with Gasteiger partial charge in [0, 0.05) is 0 Å². The molecule has 0 atom stereocenters. The van der Waals surface area contributed by atoms with Crippen molar-refractivity contribution >= 4 is 0 Å². The summed E-state index contributed by atoms with van der Waals surface area (Å²) in [4.78, 5) is 0. The number of halogens is 1. The lowest BCUT2D eigenvalue weighted by molar-refractivity contribution is 0.636. The topological polar surface area (TPSA) is 0 Å². The molecule has 0 N–H and O–H groups in total. The van der Waals surface area contributed by atoms with Crippen molar-refractivity contribution in [2.24, 2.45) is 0 Å². The van der Waals surface area contributed by atoms with Gasteiger partial charge in [-0.3, -0.25) is 4.39 Å². The molecule has 0 unspecified atom stereocenters.